The number of rotatable bonds is 8. The van der Waals surface area contributed by atoms with Crippen molar-refractivity contribution in [2.75, 3.05) is 25.5 Å². The van der Waals surface area contributed by atoms with Crippen LogP contribution in [0.25, 0.3) is 5.65 Å². The van der Waals surface area contributed by atoms with Gasteiger partial charge < -0.3 is 19.9 Å². The van der Waals surface area contributed by atoms with Gasteiger partial charge in [-0.05, 0) is 49.3 Å². The highest BCUT2D eigenvalue weighted by atomic mass is 19.1. The molecule has 32 heavy (non-hydrogen) atoms. The van der Waals surface area contributed by atoms with Gasteiger partial charge in [0.2, 0.25) is 0 Å². The van der Waals surface area contributed by atoms with E-state index in [1.807, 2.05) is 48.6 Å². The molecule has 3 heterocycles. The number of halogens is 1. The first kappa shape index (κ1) is 20.9. The third kappa shape index (κ3) is 3.83. The molecule has 7 nitrogen and oxygen atoms in total. The van der Waals surface area contributed by atoms with Crippen LogP contribution in [0.15, 0.2) is 43.0 Å². The Balaban J connectivity index is 1.21. The van der Waals surface area contributed by atoms with Gasteiger partial charge in [0, 0.05) is 45.8 Å². The Bertz CT molecular complexity index is 1150. The third-order valence-electron chi connectivity index (χ3n) is 6.73. The molecule has 1 unspecified atom stereocenters. The molecule has 1 atom stereocenters. The molecule has 0 spiro atoms. The summed E-state index contributed by atoms with van der Waals surface area (Å²) in [6.07, 6.45) is 9.45. The number of hydrogen-bond donors (Lipinski definition) is 2. The van der Waals surface area contributed by atoms with Gasteiger partial charge in [-0.2, -0.15) is 0 Å². The SMILES string of the molecule is CC(NC(=O)c1cncc(N(C)C)c1)c1cn2cc(CNCC34CC(F)(C3)C4)ccc2n1. The first-order chi connectivity index (χ1) is 15.2. The summed E-state index contributed by atoms with van der Waals surface area (Å²) in [5, 5.41) is 6.49. The van der Waals surface area contributed by atoms with Crippen molar-refractivity contribution in [1.82, 2.24) is 25.0 Å². The number of carbonyl (C=O) groups excluding carboxylic acids is 1. The number of nitrogens with zero attached hydrogens (tertiary/aromatic N) is 4. The molecule has 3 aromatic rings. The summed E-state index contributed by atoms with van der Waals surface area (Å²) in [5.41, 5.74) is 3.52. The molecule has 0 aromatic carbocycles. The highest BCUT2D eigenvalue weighted by molar-refractivity contribution is 5.95. The summed E-state index contributed by atoms with van der Waals surface area (Å²) >= 11 is 0. The topological polar surface area (TPSA) is 74.6 Å². The molecule has 8 heteroatoms. The largest absolute Gasteiger partial charge is 0.376 e. The third-order valence-corrected chi connectivity index (χ3v) is 6.73. The Morgan fingerprint density at radius 3 is 2.75 bits per heavy atom. The molecular formula is C24H29FN6O. The summed E-state index contributed by atoms with van der Waals surface area (Å²) in [6, 6.07) is 5.61. The summed E-state index contributed by atoms with van der Waals surface area (Å²) in [6.45, 7) is 3.54. The van der Waals surface area contributed by atoms with Gasteiger partial charge in [-0.25, -0.2) is 9.37 Å². The molecule has 0 saturated heterocycles. The normalized spacial score (nSPS) is 24.5. The number of amides is 1. The summed E-state index contributed by atoms with van der Waals surface area (Å²) in [4.78, 5) is 23.4. The number of imidazole rings is 1. The first-order valence-electron chi connectivity index (χ1n) is 11.0. The molecule has 168 valence electrons. The van der Waals surface area contributed by atoms with E-state index >= 15 is 0 Å². The zero-order chi connectivity index (χ0) is 22.5. The number of nitrogens with one attached hydrogen (secondary N) is 2. The second-order valence-electron chi connectivity index (χ2n) is 9.77. The molecule has 3 fully saturated rings. The lowest BCUT2D eigenvalue weighted by Crippen LogP contribution is -2.67. The molecule has 0 aliphatic heterocycles. The van der Waals surface area contributed by atoms with Gasteiger partial charge >= 0.3 is 0 Å². The van der Waals surface area contributed by atoms with Gasteiger partial charge in [0.15, 0.2) is 0 Å². The lowest BCUT2D eigenvalue weighted by Gasteiger charge is -2.66. The van der Waals surface area contributed by atoms with Crippen LogP contribution in [0.3, 0.4) is 0 Å². The Kier molecular flexibility index (Phi) is 4.93. The van der Waals surface area contributed by atoms with Crippen molar-refractivity contribution >= 4 is 17.2 Å². The number of anilines is 1. The van der Waals surface area contributed by atoms with E-state index in [-0.39, 0.29) is 17.4 Å². The van der Waals surface area contributed by atoms with Crippen LogP contribution in [-0.4, -0.2) is 46.6 Å². The number of fused-ring (bicyclic) bond motifs is 1. The van der Waals surface area contributed by atoms with Gasteiger partial charge in [0.05, 0.1) is 29.2 Å². The number of aromatic nitrogens is 3. The standard InChI is InChI=1S/C24H29FN6O/c1-16(28-22(32)18-6-19(30(2)3)9-26-8-18)20-11-31-10-17(4-5-21(31)29-20)7-27-15-23-12-24(25,13-23)14-23/h4-6,8-11,16,27H,7,12-15H2,1-3H3,(H,28,32). The fourth-order valence-corrected chi connectivity index (χ4v) is 5.04. The van der Waals surface area contributed by atoms with Crippen LogP contribution in [0.5, 0.6) is 0 Å². The van der Waals surface area contributed by atoms with Gasteiger partial charge in [0.1, 0.15) is 11.3 Å². The average molecular weight is 437 g/mol. The Morgan fingerprint density at radius 2 is 2.03 bits per heavy atom. The molecule has 3 aromatic heterocycles. The molecule has 0 radical (unpaired) electrons. The average Bonchev–Trinajstić information content (AvgIpc) is 3.15. The van der Waals surface area contributed by atoms with Gasteiger partial charge in [-0.3, -0.25) is 9.78 Å². The van der Waals surface area contributed by atoms with Gasteiger partial charge in [0.25, 0.3) is 5.91 Å². The quantitative estimate of drug-likeness (QED) is 0.567. The predicted molar refractivity (Wildman–Crippen MR) is 121 cm³/mol. The molecule has 6 rings (SSSR count). The number of pyridine rings is 2. The van der Waals surface area contributed by atoms with E-state index in [2.05, 4.69) is 32.9 Å². The monoisotopic (exact) mass is 436 g/mol. The van der Waals surface area contributed by atoms with E-state index < -0.39 is 5.67 Å². The molecule has 2 bridgehead atoms. The van der Waals surface area contributed by atoms with Gasteiger partial charge in [-0.1, -0.05) is 6.07 Å². The molecule has 1 amide bonds. The minimum atomic E-state index is -0.842. The maximum Gasteiger partial charge on any atom is 0.253 e. The summed E-state index contributed by atoms with van der Waals surface area (Å²) < 4.78 is 15.7. The number of carbonyl (C=O) groups is 1. The zero-order valence-corrected chi connectivity index (χ0v) is 18.7. The molecule has 3 aliphatic rings. The second kappa shape index (κ2) is 7.55. The highest BCUT2D eigenvalue weighted by Gasteiger charge is 2.68. The minimum absolute atomic E-state index is 0.181. The van der Waals surface area contributed by atoms with Crippen LogP contribution in [0.2, 0.25) is 0 Å². The molecule has 2 N–H and O–H groups in total. The second-order valence-corrected chi connectivity index (χ2v) is 9.77. The van der Waals surface area contributed by atoms with Crippen molar-refractivity contribution in [2.24, 2.45) is 5.41 Å². The molecule has 3 saturated carbocycles. The number of alkyl halides is 1. The van der Waals surface area contributed by atoms with Crippen LogP contribution >= 0.6 is 0 Å². The molecular weight excluding hydrogens is 407 g/mol. The van der Waals surface area contributed by atoms with Crippen molar-refractivity contribution in [3.05, 3.63) is 59.8 Å². The zero-order valence-electron chi connectivity index (χ0n) is 18.7. The van der Waals surface area contributed by atoms with Crippen LogP contribution in [0, 0.1) is 5.41 Å². The van der Waals surface area contributed by atoms with Crippen molar-refractivity contribution < 1.29 is 9.18 Å². The smallest absolute Gasteiger partial charge is 0.253 e. The van der Waals surface area contributed by atoms with Crippen molar-refractivity contribution in [3.8, 4) is 0 Å². The van der Waals surface area contributed by atoms with Crippen LogP contribution in [0.1, 0.15) is 53.8 Å². The molecule has 3 aliphatic carbocycles. The van der Waals surface area contributed by atoms with Crippen molar-refractivity contribution in [3.63, 3.8) is 0 Å². The van der Waals surface area contributed by atoms with E-state index in [9.17, 15) is 9.18 Å². The van der Waals surface area contributed by atoms with E-state index in [1.54, 1.807) is 12.4 Å². The Labute approximate surface area is 187 Å². The maximum atomic E-state index is 13.7. The summed E-state index contributed by atoms with van der Waals surface area (Å²) in [7, 11) is 3.83. The van der Waals surface area contributed by atoms with Crippen LogP contribution in [-0.2, 0) is 6.54 Å². The van der Waals surface area contributed by atoms with Crippen molar-refractivity contribution in [2.45, 2.75) is 44.4 Å². The fourth-order valence-electron chi connectivity index (χ4n) is 5.04. The van der Waals surface area contributed by atoms with E-state index in [4.69, 9.17) is 0 Å². The van der Waals surface area contributed by atoms with E-state index in [1.165, 1.54) is 0 Å². The summed E-state index contributed by atoms with van der Waals surface area (Å²) in [5.74, 6) is -0.181. The maximum absolute atomic E-state index is 13.7. The van der Waals surface area contributed by atoms with E-state index in [0.717, 1.165) is 54.9 Å². The van der Waals surface area contributed by atoms with Crippen molar-refractivity contribution in [1.29, 1.82) is 0 Å². The first-order valence-corrected chi connectivity index (χ1v) is 11.0. The number of hydrogen-bond acceptors (Lipinski definition) is 5. The van der Waals surface area contributed by atoms with Gasteiger partial charge in [-0.15, -0.1) is 0 Å². The Hall–Kier alpha value is -3.00. The fraction of sp³-hybridized carbons (Fsp3) is 0.458. The lowest BCUT2D eigenvalue weighted by molar-refractivity contribution is -0.209. The van der Waals surface area contributed by atoms with Crippen LogP contribution < -0.4 is 15.5 Å². The lowest BCUT2D eigenvalue weighted by atomic mass is 9.42. The van der Waals surface area contributed by atoms with E-state index in [0.29, 0.717) is 5.56 Å². The highest BCUT2D eigenvalue weighted by Crippen LogP contribution is 2.69. The Morgan fingerprint density at radius 1 is 1.25 bits per heavy atom. The predicted octanol–water partition coefficient (Wildman–Crippen LogP) is 3.27. The minimum Gasteiger partial charge on any atom is -0.376 e. The van der Waals surface area contributed by atoms with Crippen LogP contribution in [0.4, 0.5) is 10.1 Å².